The summed E-state index contributed by atoms with van der Waals surface area (Å²) in [6, 6.07) is 3.11. The Morgan fingerprint density at radius 2 is 1.20 bits per heavy atom. The van der Waals surface area contributed by atoms with Gasteiger partial charge in [0.2, 0.25) is 11.8 Å². The summed E-state index contributed by atoms with van der Waals surface area (Å²) in [4.78, 5) is 81.5. The first-order chi connectivity index (χ1) is 19.5. The van der Waals surface area contributed by atoms with Gasteiger partial charge in [-0.05, 0) is 25.0 Å². The van der Waals surface area contributed by atoms with Gasteiger partial charge in [0, 0.05) is 70.8 Å². The van der Waals surface area contributed by atoms with Crippen LogP contribution in [0.25, 0.3) is 0 Å². The number of carbonyl (C=O) groups is 6. The number of likely N-dealkylation sites (tertiary alicyclic amines) is 1. The summed E-state index contributed by atoms with van der Waals surface area (Å²) < 4.78 is 0. The van der Waals surface area contributed by atoms with E-state index in [2.05, 4.69) is 10.3 Å². The Balaban J connectivity index is 1.74. The second-order valence-electron chi connectivity index (χ2n) is 10.1. The van der Waals surface area contributed by atoms with Crippen LogP contribution in [0.2, 0.25) is 0 Å². The molecule has 2 aliphatic heterocycles. The zero-order chi connectivity index (χ0) is 29.9. The van der Waals surface area contributed by atoms with E-state index in [0.717, 1.165) is 0 Å². The monoisotopic (exact) mass is 576 g/mol. The molecule has 15 heteroatoms. The van der Waals surface area contributed by atoms with Crippen LogP contribution in [0, 0.1) is 0 Å². The Hall–Kier alpha value is -3.95. The highest BCUT2D eigenvalue weighted by molar-refractivity contribution is 6.01. The highest BCUT2D eigenvalue weighted by Crippen LogP contribution is 2.14. The third kappa shape index (κ3) is 10.5. The number of nitrogens with zero attached hydrogens (tertiary/aromatic N) is 5. The number of pyridine rings is 1. The predicted octanol–water partition coefficient (Wildman–Crippen LogP) is -1.09. The fourth-order valence-electron chi connectivity index (χ4n) is 4.81. The number of amides is 3. The SMILES string of the molecule is O=C(O)CN1CCN(CC(=O)O)Cc2cc(C(=O)NCCCCN3C(=O)CCC3=O)cc(n2)CN(CC(=O)O)CC1. The molecule has 2 aliphatic rings. The maximum absolute atomic E-state index is 13.0. The highest BCUT2D eigenvalue weighted by atomic mass is 16.4. The van der Waals surface area contributed by atoms with Crippen molar-refractivity contribution in [2.75, 3.05) is 58.9 Å². The van der Waals surface area contributed by atoms with Crippen molar-refractivity contribution < 1.29 is 44.1 Å². The topological polar surface area (TPSA) is 201 Å². The van der Waals surface area contributed by atoms with E-state index < -0.39 is 23.8 Å². The smallest absolute Gasteiger partial charge is 0.317 e. The van der Waals surface area contributed by atoms with Crippen molar-refractivity contribution in [3.05, 3.63) is 29.1 Å². The third-order valence-electron chi connectivity index (χ3n) is 6.76. The fraction of sp³-hybridized carbons (Fsp3) is 0.577. The largest absolute Gasteiger partial charge is 0.480 e. The average molecular weight is 577 g/mol. The van der Waals surface area contributed by atoms with E-state index in [4.69, 9.17) is 0 Å². The molecule has 1 aromatic heterocycles. The summed E-state index contributed by atoms with van der Waals surface area (Å²) in [5.74, 6) is -3.94. The van der Waals surface area contributed by atoms with Gasteiger partial charge in [-0.1, -0.05) is 0 Å². The molecule has 1 saturated heterocycles. The quantitative estimate of drug-likeness (QED) is 0.173. The summed E-state index contributed by atoms with van der Waals surface area (Å²) in [6.45, 7) is 0.767. The maximum Gasteiger partial charge on any atom is 0.317 e. The zero-order valence-electron chi connectivity index (χ0n) is 22.8. The summed E-state index contributed by atoms with van der Waals surface area (Å²) in [5, 5.41) is 30.9. The summed E-state index contributed by atoms with van der Waals surface area (Å²) in [5.41, 5.74) is 1.12. The van der Waals surface area contributed by atoms with Gasteiger partial charge >= 0.3 is 17.9 Å². The Morgan fingerprint density at radius 3 is 1.68 bits per heavy atom. The number of rotatable bonds is 12. The molecule has 2 bridgehead atoms. The summed E-state index contributed by atoms with van der Waals surface area (Å²) in [6.07, 6.45) is 1.55. The number of hydrogen-bond donors (Lipinski definition) is 4. The second-order valence-corrected chi connectivity index (χ2v) is 10.1. The molecule has 1 fully saturated rings. The Kier molecular flexibility index (Phi) is 11.7. The maximum atomic E-state index is 13.0. The minimum absolute atomic E-state index is 0.0815. The number of fused-ring (bicyclic) bond motifs is 2. The highest BCUT2D eigenvalue weighted by Gasteiger charge is 2.28. The van der Waals surface area contributed by atoms with Crippen LogP contribution >= 0.6 is 0 Å². The van der Waals surface area contributed by atoms with Gasteiger partial charge in [0.15, 0.2) is 0 Å². The van der Waals surface area contributed by atoms with Gasteiger partial charge in [-0.2, -0.15) is 0 Å². The van der Waals surface area contributed by atoms with Gasteiger partial charge in [-0.3, -0.25) is 53.4 Å². The Bertz CT molecular complexity index is 1100. The molecule has 3 heterocycles. The van der Waals surface area contributed by atoms with Gasteiger partial charge < -0.3 is 20.6 Å². The molecule has 0 aliphatic carbocycles. The van der Waals surface area contributed by atoms with Crippen LogP contribution in [0.1, 0.15) is 47.4 Å². The number of carbonyl (C=O) groups excluding carboxylic acids is 3. The van der Waals surface area contributed by atoms with E-state index >= 15 is 0 Å². The standard InChI is InChI=1S/C26H36N6O9/c33-21-3-4-22(34)32(21)6-2-1-5-27-26(41)18-11-19-13-30(16-24(37)38)9-7-29(15-23(35)36)8-10-31(17-25(39)40)14-20(12-18)28-19/h11-12H,1-10,13-17H2,(H,27,41)(H,35,36)(H,37,38)(H,39,40). The lowest BCUT2D eigenvalue weighted by Crippen LogP contribution is -2.44. The Morgan fingerprint density at radius 1 is 0.732 bits per heavy atom. The fourth-order valence-corrected chi connectivity index (χ4v) is 4.81. The molecule has 0 atom stereocenters. The first kappa shape index (κ1) is 31.6. The van der Waals surface area contributed by atoms with Crippen LogP contribution in [0.5, 0.6) is 0 Å². The zero-order valence-corrected chi connectivity index (χ0v) is 22.8. The van der Waals surface area contributed by atoms with E-state index in [0.29, 0.717) is 37.3 Å². The van der Waals surface area contributed by atoms with Crippen LogP contribution < -0.4 is 5.32 Å². The van der Waals surface area contributed by atoms with E-state index in [1.54, 1.807) is 26.8 Å². The van der Waals surface area contributed by atoms with Crippen LogP contribution in [-0.4, -0.2) is 134 Å². The minimum atomic E-state index is -1.07. The lowest BCUT2D eigenvalue weighted by atomic mass is 10.1. The number of aliphatic carboxylic acids is 3. The molecular weight excluding hydrogens is 540 g/mol. The molecule has 1 aromatic rings. The number of unbranched alkanes of at least 4 members (excludes halogenated alkanes) is 1. The molecule has 3 amide bonds. The van der Waals surface area contributed by atoms with E-state index in [9.17, 15) is 44.1 Å². The normalized spacial score (nSPS) is 17.6. The van der Waals surface area contributed by atoms with Crippen molar-refractivity contribution in [1.82, 2.24) is 29.9 Å². The molecule has 15 nitrogen and oxygen atoms in total. The van der Waals surface area contributed by atoms with Gasteiger partial charge in [-0.15, -0.1) is 0 Å². The molecule has 0 aromatic carbocycles. The van der Waals surface area contributed by atoms with Crippen LogP contribution in [-0.2, 0) is 37.1 Å². The van der Waals surface area contributed by atoms with E-state index in [-0.39, 0.29) is 89.1 Å². The van der Waals surface area contributed by atoms with Crippen molar-refractivity contribution in [1.29, 1.82) is 0 Å². The number of aromatic nitrogens is 1. The van der Waals surface area contributed by atoms with Crippen LogP contribution in [0.3, 0.4) is 0 Å². The van der Waals surface area contributed by atoms with E-state index in [1.165, 1.54) is 4.90 Å². The van der Waals surface area contributed by atoms with Crippen molar-refractivity contribution >= 4 is 35.6 Å². The molecule has 0 saturated carbocycles. The molecule has 41 heavy (non-hydrogen) atoms. The van der Waals surface area contributed by atoms with Crippen molar-refractivity contribution in [2.45, 2.75) is 38.8 Å². The number of hydrogen-bond acceptors (Lipinski definition) is 10. The van der Waals surface area contributed by atoms with Crippen molar-refractivity contribution in [2.24, 2.45) is 0 Å². The molecule has 0 unspecified atom stereocenters. The predicted molar refractivity (Wildman–Crippen MR) is 142 cm³/mol. The lowest BCUT2D eigenvalue weighted by molar-refractivity contribution is -0.140. The van der Waals surface area contributed by atoms with Gasteiger partial charge in [0.1, 0.15) is 0 Å². The van der Waals surface area contributed by atoms with Crippen LogP contribution in [0.15, 0.2) is 12.1 Å². The van der Waals surface area contributed by atoms with Crippen LogP contribution in [0.4, 0.5) is 0 Å². The number of nitrogens with one attached hydrogen (secondary N) is 1. The van der Waals surface area contributed by atoms with Crippen molar-refractivity contribution in [3.8, 4) is 0 Å². The van der Waals surface area contributed by atoms with Gasteiger partial charge in [0.25, 0.3) is 5.91 Å². The van der Waals surface area contributed by atoms with Gasteiger partial charge in [-0.25, -0.2) is 0 Å². The molecule has 4 N–H and O–H groups in total. The molecule has 0 spiro atoms. The molecule has 3 rings (SSSR count). The molecule has 224 valence electrons. The second kappa shape index (κ2) is 15.2. The number of imide groups is 1. The minimum Gasteiger partial charge on any atom is -0.480 e. The summed E-state index contributed by atoms with van der Waals surface area (Å²) in [7, 11) is 0. The Labute approximate surface area is 236 Å². The van der Waals surface area contributed by atoms with E-state index in [1.807, 2.05) is 0 Å². The first-order valence-corrected chi connectivity index (χ1v) is 13.4. The van der Waals surface area contributed by atoms with Crippen molar-refractivity contribution in [3.63, 3.8) is 0 Å². The first-order valence-electron chi connectivity index (χ1n) is 13.4. The number of carboxylic acids is 3. The third-order valence-corrected chi connectivity index (χ3v) is 6.76. The van der Waals surface area contributed by atoms with Gasteiger partial charge in [0.05, 0.1) is 31.0 Å². The number of carboxylic acid groups (broad SMARTS) is 3. The summed E-state index contributed by atoms with van der Waals surface area (Å²) >= 11 is 0. The average Bonchev–Trinajstić information content (AvgIpc) is 3.20. The molecule has 0 radical (unpaired) electrons. The lowest BCUT2D eigenvalue weighted by Gasteiger charge is -2.29. The molecular formula is C26H36N6O9.